The first kappa shape index (κ1) is 19.2. The van der Waals surface area contributed by atoms with Crippen LogP contribution in [-0.2, 0) is 25.6 Å². The molecule has 0 amide bonds. The fourth-order valence-corrected chi connectivity index (χ4v) is 3.30. The smallest absolute Gasteiger partial charge is 0.359 e. The average molecular weight is 392 g/mol. The van der Waals surface area contributed by atoms with Crippen molar-refractivity contribution >= 4 is 17.0 Å². The van der Waals surface area contributed by atoms with E-state index in [2.05, 4.69) is 22.3 Å². The Morgan fingerprint density at radius 2 is 1.96 bits per heavy atom. The molecule has 0 spiro atoms. The zero-order chi connectivity index (χ0) is 19.3. The molecule has 142 valence electrons. The van der Waals surface area contributed by atoms with Crippen LogP contribution >= 0.6 is 11.3 Å². The highest BCUT2D eigenvalue weighted by molar-refractivity contribution is 7.11. The summed E-state index contributed by atoms with van der Waals surface area (Å²) in [5, 5.41) is 8.54. The molecule has 0 saturated heterocycles. The van der Waals surface area contributed by atoms with Crippen LogP contribution in [0, 0.1) is 0 Å². The molecule has 1 N–H and O–H groups in total. The molecule has 8 heteroatoms. The fourth-order valence-electron chi connectivity index (χ4n) is 2.45. The Morgan fingerprint density at radius 1 is 1.19 bits per heavy atom. The second-order valence-corrected chi connectivity index (χ2v) is 7.15. The molecular weight excluding hydrogens is 373 g/mol. The Labute approximate surface area is 159 Å². The predicted octanol–water partition coefficient (Wildman–Crippen LogP) is 5.14. The number of hydrogen-bond acceptors (Lipinski definition) is 4. The number of halogens is 3. The molecule has 0 unspecified atom stereocenters. The number of thiazole rings is 1. The highest BCUT2D eigenvalue weighted by Crippen LogP contribution is 2.29. The van der Waals surface area contributed by atoms with E-state index in [0.717, 1.165) is 39.7 Å². The van der Waals surface area contributed by atoms with Gasteiger partial charge in [-0.2, -0.15) is 18.3 Å². The lowest BCUT2D eigenvalue weighted by atomic mass is 10.1. The Balaban J connectivity index is 1.49. The third-order valence-electron chi connectivity index (χ3n) is 3.86. The van der Waals surface area contributed by atoms with E-state index in [9.17, 15) is 13.2 Å². The molecule has 0 saturated carbocycles. The number of hydrogen-bond donors (Lipinski definition) is 1. The van der Waals surface area contributed by atoms with Crippen LogP contribution in [0.15, 0.2) is 55.1 Å². The minimum Gasteiger partial charge on any atom is -0.359 e. The van der Waals surface area contributed by atoms with Crippen molar-refractivity contribution in [2.75, 3.05) is 5.32 Å². The first-order valence-electron chi connectivity index (χ1n) is 8.48. The maximum Gasteiger partial charge on any atom is 0.416 e. The topological polar surface area (TPSA) is 42.7 Å². The minimum atomic E-state index is -4.30. The van der Waals surface area contributed by atoms with Gasteiger partial charge in [0.1, 0.15) is 0 Å². The van der Waals surface area contributed by atoms with E-state index in [0.29, 0.717) is 13.0 Å². The first-order chi connectivity index (χ1) is 12.9. The Kier molecular flexibility index (Phi) is 5.95. The number of nitrogens with one attached hydrogen (secondary N) is 1. The molecule has 3 aromatic rings. The van der Waals surface area contributed by atoms with Gasteiger partial charge in [-0.1, -0.05) is 25.1 Å². The van der Waals surface area contributed by atoms with Crippen molar-refractivity contribution < 1.29 is 13.2 Å². The minimum absolute atomic E-state index is 0.542. The van der Waals surface area contributed by atoms with Crippen LogP contribution in [0.4, 0.5) is 18.9 Å². The lowest BCUT2D eigenvalue weighted by Gasteiger charge is -2.06. The van der Waals surface area contributed by atoms with Crippen molar-refractivity contribution in [3.05, 3.63) is 76.1 Å². The quantitative estimate of drug-likeness (QED) is 0.606. The first-order valence-corrected chi connectivity index (χ1v) is 9.29. The average Bonchev–Trinajstić information content (AvgIpc) is 3.28. The number of aryl methyl sites for hydroxylation is 1. The van der Waals surface area contributed by atoms with Gasteiger partial charge in [0, 0.05) is 17.3 Å². The molecule has 0 aliphatic carbocycles. The molecule has 0 radical (unpaired) electrons. The highest BCUT2D eigenvalue weighted by Gasteiger charge is 2.29. The maximum atomic E-state index is 12.5. The SMILES string of the molecule is CCc1ncc(Cn2cc(N/C=C/Cc3ccc(C(F)(F)F)cc3)cn2)s1. The van der Waals surface area contributed by atoms with Gasteiger partial charge in [-0.05, 0) is 36.7 Å². The Hall–Kier alpha value is -2.61. The molecule has 3 rings (SSSR count). The van der Waals surface area contributed by atoms with E-state index in [1.54, 1.807) is 23.7 Å². The van der Waals surface area contributed by atoms with Crippen LogP contribution in [0.25, 0.3) is 0 Å². The van der Waals surface area contributed by atoms with Gasteiger partial charge in [0.2, 0.25) is 0 Å². The van der Waals surface area contributed by atoms with Gasteiger partial charge < -0.3 is 5.32 Å². The van der Waals surface area contributed by atoms with Gasteiger partial charge in [-0.3, -0.25) is 4.68 Å². The van der Waals surface area contributed by atoms with Gasteiger partial charge in [-0.25, -0.2) is 4.98 Å². The number of allylic oxidation sites excluding steroid dienone is 1. The van der Waals surface area contributed by atoms with Crippen molar-refractivity contribution in [3.8, 4) is 0 Å². The van der Waals surface area contributed by atoms with Crippen molar-refractivity contribution in [2.24, 2.45) is 0 Å². The summed E-state index contributed by atoms with van der Waals surface area (Å²) in [5.74, 6) is 0. The molecular formula is C19H19F3N4S. The lowest BCUT2D eigenvalue weighted by Crippen LogP contribution is -2.04. The summed E-state index contributed by atoms with van der Waals surface area (Å²) in [4.78, 5) is 5.49. The van der Waals surface area contributed by atoms with E-state index in [4.69, 9.17) is 0 Å². The fraction of sp³-hybridized carbons (Fsp3) is 0.263. The molecule has 2 aromatic heterocycles. The summed E-state index contributed by atoms with van der Waals surface area (Å²) in [5.41, 5.74) is 1.03. The zero-order valence-electron chi connectivity index (χ0n) is 14.7. The number of aromatic nitrogens is 3. The monoisotopic (exact) mass is 392 g/mol. The summed E-state index contributed by atoms with van der Waals surface area (Å²) in [6.07, 6.45) is 6.30. The third-order valence-corrected chi connectivity index (χ3v) is 4.98. The number of benzene rings is 1. The van der Waals surface area contributed by atoms with Crippen molar-refractivity contribution in [1.82, 2.24) is 14.8 Å². The van der Waals surface area contributed by atoms with E-state index in [1.807, 2.05) is 23.2 Å². The van der Waals surface area contributed by atoms with Crippen molar-refractivity contribution in [2.45, 2.75) is 32.5 Å². The van der Waals surface area contributed by atoms with Crippen LogP contribution in [0.1, 0.15) is 27.9 Å². The van der Waals surface area contributed by atoms with E-state index < -0.39 is 11.7 Å². The molecule has 1 aromatic carbocycles. The van der Waals surface area contributed by atoms with E-state index in [1.165, 1.54) is 12.1 Å². The lowest BCUT2D eigenvalue weighted by molar-refractivity contribution is -0.137. The Morgan fingerprint density at radius 3 is 2.63 bits per heavy atom. The number of nitrogens with zero attached hydrogens (tertiary/aromatic N) is 3. The van der Waals surface area contributed by atoms with Crippen molar-refractivity contribution in [3.63, 3.8) is 0 Å². The molecule has 4 nitrogen and oxygen atoms in total. The van der Waals surface area contributed by atoms with E-state index in [-0.39, 0.29) is 0 Å². The molecule has 0 atom stereocenters. The highest BCUT2D eigenvalue weighted by atomic mass is 32.1. The van der Waals surface area contributed by atoms with Gasteiger partial charge >= 0.3 is 6.18 Å². The van der Waals surface area contributed by atoms with Gasteiger partial charge in [0.15, 0.2) is 0 Å². The number of rotatable bonds is 7. The standard InChI is InChI=1S/C19H19F3N4S/c1-2-18-24-11-17(27-18)13-26-12-16(10-25-26)23-9-3-4-14-5-7-15(8-6-14)19(20,21)22/h3,5-12,23H,2,4,13H2,1H3/b9-3+. The van der Waals surface area contributed by atoms with Crippen LogP contribution in [-0.4, -0.2) is 14.8 Å². The number of alkyl halides is 3. The van der Waals surface area contributed by atoms with Crippen LogP contribution in [0.2, 0.25) is 0 Å². The van der Waals surface area contributed by atoms with Crippen molar-refractivity contribution in [1.29, 1.82) is 0 Å². The molecule has 2 heterocycles. The van der Waals surface area contributed by atoms with Crippen LogP contribution in [0.3, 0.4) is 0 Å². The maximum absolute atomic E-state index is 12.5. The second kappa shape index (κ2) is 8.39. The zero-order valence-corrected chi connectivity index (χ0v) is 15.5. The summed E-state index contributed by atoms with van der Waals surface area (Å²) in [7, 11) is 0. The summed E-state index contributed by atoms with van der Waals surface area (Å²) < 4.78 is 39.4. The van der Waals surface area contributed by atoms with Crippen LogP contribution < -0.4 is 5.32 Å². The van der Waals surface area contributed by atoms with Gasteiger partial charge in [0.25, 0.3) is 0 Å². The number of anilines is 1. The molecule has 0 aliphatic rings. The molecule has 0 aliphatic heterocycles. The molecule has 27 heavy (non-hydrogen) atoms. The van der Waals surface area contributed by atoms with Crippen LogP contribution in [0.5, 0.6) is 0 Å². The van der Waals surface area contributed by atoms with E-state index >= 15 is 0 Å². The third kappa shape index (κ3) is 5.43. The summed E-state index contributed by atoms with van der Waals surface area (Å²) in [6, 6.07) is 5.18. The predicted molar refractivity (Wildman–Crippen MR) is 101 cm³/mol. The van der Waals surface area contributed by atoms with Gasteiger partial charge in [0.05, 0.1) is 29.0 Å². The van der Waals surface area contributed by atoms with Gasteiger partial charge in [-0.15, -0.1) is 11.3 Å². The second-order valence-electron chi connectivity index (χ2n) is 5.95. The largest absolute Gasteiger partial charge is 0.416 e. The Bertz CT molecular complexity index is 894. The normalized spacial score (nSPS) is 12.0. The molecule has 0 bridgehead atoms. The summed E-state index contributed by atoms with van der Waals surface area (Å²) >= 11 is 1.68. The summed E-state index contributed by atoms with van der Waals surface area (Å²) in [6.45, 7) is 2.75. The molecule has 0 fully saturated rings.